The van der Waals surface area contributed by atoms with Gasteiger partial charge in [0, 0.05) is 25.2 Å². The molecule has 2 N–H and O–H groups in total. The van der Waals surface area contributed by atoms with E-state index in [1.807, 2.05) is 6.92 Å². The molecule has 0 unspecified atom stereocenters. The molecular weight excluding hydrogens is 410 g/mol. The van der Waals surface area contributed by atoms with E-state index in [-0.39, 0.29) is 5.75 Å². The van der Waals surface area contributed by atoms with Gasteiger partial charge in [-0.25, -0.2) is 27.2 Å². The zero-order valence-corrected chi connectivity index (χ0v) is 18.0. The standard InChI is InChI=1S/C21H26F2N4O2S/c1-3-7-18-26-19-20(14(2)13-25-21(19)24)27(18)10-5-4-6-11-30(28,29)17-9-8-15(22)12-16(17)23/h8-9,12-13H,3-7,10-11H2,1-2H3,(H2,24,25). The molecular formula is C21H26F2N4O2S. The molecule has 0 saturated heterocycles. The third kappa shape index (κ3) is 4.61. The van der Waals surface area contributed by atoms with Crippen molar-refractivity contribution in [3.63, 3.8) is 0 Å². The second-order valence-electron chi connectivity index (χ2n) is 7.41. The van der Waals surface area contributed by atoms with Crippen LogP contribution in [0.1, 0.15) is 44.0 Å². The molecule has 1 aromatic carbocycles. The van der Waals surface area contributed by atoms with Gasteiger partial charge in [0.05, 0.1) is 11.3 Å². The number of hydrogen-bond acceptors (Lipinski definition) is 5. The molecule has 2 heterocycles. The molecule has 0 spiro atoms. The average Bonchev–Trinajstić information content (AvgIpc) is 3.04. The summed E-state index contributed by atoms with van der Waals surface area (Å²) in [5, 5.41) is 0. The van der Waals surface area contributed by atoms with E-state index >= 15 is 0 Å². The van der Waals surface area contributed by atoms with E-state index in [9.17, 15) is 17.2 Å². The monoisotopic (exact) mass is 436 g/mol. The predicted molar refractivity (Wildman–Crippen MR) is 113 cm³/mol. The lowest BCUT2D eigenvalue weighted by Crippen LogP contribution is -2.10. The quantitative estimate of drug-likeness (QED) is 0.401. The highest BCUT2D eigenvalue weighted by Gasteiger charge is 2.19. The van der Waals surface area contributed by atoms with Crippen LogP contribution in [0.15, 0.2) is 29.3 Å². The Labute approximate surface area is 175 Å². The van der Waals surface area contributed by atoms with E-state index in [1.165, 1.54) is 0 Å². The summed E-state index contributed by atoms with van der Waals surface area (Å²) < 4.78 is 53.7. The number of unbranched alkanes of at least 4 members (excludes halogenated alkanes) is 2. The predicted octanol–water partition coefficient (Wildman–Crippen LogP) is 4.20. The second-order valence-corrected chi connectivity index (χ2v) is 9.49. The van der Waals surface area contributed by atoms with Crippen molar-refractivity contribution in [3.05, 3.63) is 47.4 Å². The summed E-state index contributed by atoms with van der Waals surface area (Å²) in [7, 11) is -3.79. The van der Waals surface area contributed by atoms with Gasteiger partial charge in [0.15, 0.2) is 15.7 Å². The molecule has 30 heavy (non-hydrogen) atoms. The SMILES string of the molecule is CCCc1nc2c(N)ncc(C)c2n1CCCCCS(=O)(=O)c1ccc(F)cc1F. The minimum Gasteiger partial charge on any atom is -0.382 e. The van der Waals surface area contributed by atoms with Gasteiger partial charge in [-0.05, 0) is 43.9 Å². The van der Waals surface area contributed by atoms with Gasteiger partial charge in [0.2, 0.25) is 0 Å². The first-order chi connectivity index (χ1) is 14.2. The molecule has 0 bridgehead atoms. The molecule has 0 radical (unpaired) electrons. The van der Waals surface area contributed by atoms with Gasteiger partial charge < -0.3 is 10.3 Å². The third-order valence-corrected chi connectivity index (χ3v) is 6.88. The summed E-state index contributed by atoms with van der Waals surface area (Å²) in [6.07, 6.45) is 5.26. The maximum Gasteiger partial charge on any atom is 0.181 e. The first kappa shape index (κ1) is 22.1. The Kier molecular flexibility index (Phi) is 6.70. The lowest BCUT2D eigenvalue weighted by atomic mass is 10.2. The zero-order chi connectivity index (χ0) is 21.9. The smallest absolute Gasteiger partial charge is 0.181 e. The number of nitrogens with two attached hydrogens (primary N) is 1. The molecule has 6 nitrogen and oxygen atoms in total. The van der Waals surface area contributed by atoms with Gasteiger partial charge in [-0.2, -0.15) is 0 Å². The fourth-order valence-corrected chi connectivity index (χ4v) is 5.03. The summed E-state index contributed by atoms with van der Waals surface area (Å²) >= 11 is 0. The van der Waals surface area contributed by atoms with Gasteiger partial charge in [0.25, 0.3) is 0 Å². The van der Waals surface area contributed by atoms with Gasteiger partial charge in [-0.3, -0.25) is 0 Å². The number of imidazole rings is 1. The Bertz CT molecular complexity index is 1160. The molecule has 0 saturated carbocycles. The highest BCUT2D eigenvalue weighted by Crippen LogP contribution is 2.25. The molecule has 9 heteroatoms. The molecule has 0 aliphatic carbocycles. The van der Waals surface area contributed by atoms with Crippen molar-refractivity contribution < 1.29 is 17.2 Å². The fourth-order valence-electron chi connectivity index (χ4n) is 3.60. The van der Waals surface area contributed by atoms with Crippen LogP contribution in [0.4, 0.5) is 14.6 Å². The number of sulfone groups is 1. The van der Waals surface area contributed by atoms with Crippen LogP contribution in [0.25, 0.3) is 11.0 Å². The van der Waals surface area contributed by atoms with Crippen molar-refractivity contribution in [3.8, 4) is 0 Å². The van der Waals surface area contributed by atoms with E-state index in [4.69, 9.17) is 5.73 Å². The lowest BCUT2D eigenvalue weighted by molar-refractivity contribution is 0.545. The van der Waals surface area contributed by atoms with Crippen molar-refractivity contribution >= 4 is 26.7 Å². The topological polar surface area (TPSA) is 90.9 Å². The Morgan fingerprint density at radius 2 is 1.93 bits per heavy atom. The summed E-state index contributed by atoms with van der Waals surface area (Å²) in [4.78, 5) is 8.39. The number of hydrogen-bond donors (Lipinski definition) is 1. The Morgan fingerprint density at radius 1 is 1.17 bits per heavy atom. The van der Waals surface area contributed by atoms with Crippen LogP contribution in [0, 0.1) is 18.6 Å². The number of pyridine rings is 1. The Morgan fingerprint density at radius 3 is 2.63 bits per heavy atom. The number of benzene rings is 1. The highest BCUT2D eigenvalue weighted by atomic mass is 32.2. The van der Waals surface area contributed by atoms with Crippen molar-refractivity contribution in [2.24, 2.45) is 0 Å². The summed E-state index contributed by atoms with van der Waals surface area (Å²) in [5.74, 6) is -0.688. The summed E-state index contributed by atoms with van der Waals surface area (Å²) in [6.45, 7) is 4.73. The highest BCUT2D eigenvalue weighted by molar-refractivity contribution is 7.91. The number of halogens is 2. The van der Waals surface area contributed by atoms with Crippen LogP contribution in [-0.2, 0) is 22.8 Å². The first-order valence-electron chi connectivity index (χ1n) is 10.0. The fraction of sp³-hybridized carbons (Fsp3) is 0.429. The molecule has 0 atom stereocenters. The number of aromatic nitrogens is 3. The van der Waals surface area contributed by atoms with Gasteiger partial charge in [0.1, 0.15) is 27.9 Å². The van der Waals surface area contributed by atoms with E-state index < -0.39 is 26.4 Å². The minimum atomic E-state index is -3.79. The maximum atomic E-state index is 13.8. The lowest BCUT2D eigenvalue weighted by Gasteiger charge is -2.11. The van der Waals surface area contributed by atoms with Crippen LogP contribution in [0.2, 0.25) is 0 Å². The van der Waals surface area contributed by atoms with Crippen molar-refractivity contribution in [2.75, 3.05) is 11.5 Å². The van der Waals surface area contributed by atoms with E-state index in [1.54, 1.807) is 6.20 Å². The summed E-state index contributed by atoms with van der Waals surface area (Å²) in [6, 6.07) is 2.53. The molecule has 2 aromatic heterocycles. The van der Waals surface area contributed by atoms with Crippen LogP contribution in [0.5, 0.6) is 0 Å². The molecule has 0 aliphatic rings. The first-order valence-corrected chi connectivity index (χ1v) is 11.7. The van der Waals surface area contributed by atoms with Crippen molar-refractivity contribution in [1.29, 1.82) is 0 Å². The third-order valence-electron chi connectivity index (χ3n) is 5.06. The number of anilines is 1. The number of fused-ring (bicyclic) bond motifs is 1. The second kappa shape index (κ2) is 9.07. The normalized spacial score (nSPS) is 12.0. The number of nitrogen functional groups attached to an aromatic ring is 1. The summed E-state index contributed by atoms with van der Waals surface area (Å²) in [5.41, 5.74) is 8.65. The molecule has 0 amide bonds. The molecule has 3 aromatic rings. The van der Waals surface area contributed by atoms with Crippen LogP contribution in [-0.4, -0.2) is 28.7 Å². The molecule has 0 aliphatic heterocycles. The largest absolute Gasteiger partial charge is 0.382 e. The Hall–Kier alpha value is -2.55. The van der Waals surface area contributed by atoms with Crippen LogP contribution < -0.4 is 5.73 Å². The number of nitrogens with zero attached hydrogens (tertiary/aromatic N) is 3. The Balaban J connectivity index is 1.66. The molecule has 162 valence electrons. The van der Waals surface area contributed by atoms with Gasteiger partial charge >= 0.3 is 0 Å². The number of aryl methyl sites for hydroxylation is 3. The van der Waals surface area contributed by atoms with Crippen molar-refractivity contribution in [2.45, 2.75) is 57.4 Å². The van der Waals surface area contributed by atoms with Gasteiger partial charge in [-0.15, -0.1) is 0 Å². The van der Waals surface area contributed by atoms with E-state index in [0.29, 0.717) is 36.8 Å². The van der Waals surface area contributed by atoms with E-state index in [2.05, 4.69) is 21.5 Å². The molecule has 0 fully saturated rings. The van der Waals surface area contributed by atoms with Gasteiger partial charge in [-0.1, -0.05) is 13.3 Å². The van der Waals surface area contributed by atoms with Crippen LogP contribution >= 0.6 is 0 Å². The van der Waals surface area contributed by atoms with Crippen molar-refractivity contribution in [1.82, 2.24) is 14.5 Å². The zero-order valence-electron chi connectivity index (χ0n) is 17.2. The maximum absolute atomic E-state index is 13.8. The minimum absolute atomic E-state index is 0.183. The van der Waals surface area contributed by atoms with E-state index in [0.717, 1.165) is 48.3 Å². The number of rotatable bonds is 9. The van der Waals surface area contributed by atoms with Crippen LogP contribution in [0.3, 0.4) is 0 Å². The molecule has 3 rings (SSSR count). The average molecular weight is 437 g/mol.